The molecule has 1 aromatic rings. The zero-order chi connectivity index (χ0) is 12.1. The Morgan fingerprint density at radius 1 is 1.62 bits per heavy atom. The molecule has 1 heterocycles. The Morgan fingerprint density at radius 3 is 2.81 bits per heavy atom. The lowest BCUT2D eigenvalue weighted by Crippen LogP contribution is -2.39. The summed E-state index contributed by atoms with van der Waals surface area (Å²) < 4.78 is 5.10. The molecule has 5 heteroatoms. The van der Waals surface area contributed by atoms with Crippen molar-refractivity contribution in [3.63, 3.8) is 0 Å². The summed E-state index contributed by atoms with van der Waals surface area (Å²) in [5.74, 6) is 1.22. The second kappa shape index (κ2) is 6.11. The van der Waals surface area contributed by atoms with Gasteiger partial charge in [0.25, 0.3) is 5.91 Å². The highest BCUT2D eigenvalue weighted by atomic mass is 35.5. The molecule has 0 saturated carbocycles. The van der Waals surface area contributed by atoms with Gasteiger partial charge in [0.15, 0.2) is 0 Å². The van der Waals surface area contributed by atoms with Crippen molar-refractivity contribution in [1.82, 2.24) is 5.32 Å². The second-order valence-corrected chi connectivity index (χ2v) is 5.02. The van der Waals surface area contributed by atoms with Crippen LogP contribution in [0.3, 0.4) is 0 Å². The maximum atomic E-state index is 11.9. The number of nitrogens with one attached hydrogen (secondary N) is 1. The van der Waals surface area contributed by atoms with Crippen molar-refractivity contribution in [2.75, 3.05) is 13.0 Å². The van der Waals surface area contributed by atoms with Crippen LogP contribution in [0, 0.1) is 5.92 Å². The topological polar surface area (TPSA) is 38.3 Å². The van der Waals surface area contributed by atoms with E-state index in [2.05, 4.69) is 5.32 Å². The van der Waals surface area contributed by atoms with E-state index in [1.54, 1.807) is 13.2 Å². The monoisotopic (exact) mass is 261 g/mol. The van der Waals surface area contributed by atoms with E-state index in [1.165, 1.54) is 11.3 Å². The van der Waals surface area contributed by atoms with Gasteiger partial charge in [-0.1, -0.05) is 13.8 Å². The molecule has 1 N–H and O–H groups in total. The molecule has 0 spiro atoms. The smallest absolute Gasteiger partial charge is 0.265 e. The molecule has 0 radical (unpaired) electrons. The fraction of sp³-hybridized carbons (Fsp3) is 0.545. The van der Waals surface area contributed by atoms with Crippen LogP contribution in [0.4, 0.5) is 0 Å². The van der Waals surface area contributed by atoms with Crippen LogP contribution in [-0.4, -0.2) is 24.9 Å². The molecular formula is C11H16ClNO2S. The molecule has 0 bridgehead atoms. The predicted molar refractivity (Wildman–Crippen MR) is 67.7 cm³/mol. The molecule has 0 fully saturated rings. The molecule has 16 heavy (non-hydrogen) atoms. The number of hydrogen-bond acceptors (Lipinski definition) is 3. The summed E-state index contributed by atoms with van der Waals surface area (Å²) in [6.07, 6.45) is 0. The lowest BCUT2D eigenvalue weighted by molar-refractivity contribution is 0.0932. The Morgan fingerprint density at radius 2 is 2.31 bits per heavy atom. The highest BCUT2D eigenvalue weighted by Gasteiger charge is 2.19. The summed E-state index contributed by atoms with van der Waals surface area (Å²) in [6.45, 7) is 4.05. The van der Waals surface area contributed by atoms with Crippen LogP contribution in [0.1, 0.15) is 23.5 Å². The number of hydrogen-bond donors (Lipinski definition) is 1. The average molecular weight is 262 g/mol. The normalized spacial score (nSPS) is 12.6. The van der Waals surface area contributed by atoms with Crippen molar-refractivity contribution in [3.05, 3.63) is 16.3 Å². The largest absolute Gasteiger partial charge is 0.495 e. The summed E-state index contributed by atoms with van der Waals surface area (Å²) in [5.41, 5.74) is 0. The van der Waals surface area contributed by atoms with Gasteiger partial charge < -0.3 is 10.1 Å². The maximum Gasteiger partial charge on any atom is 0.265 e. The summed E-state index contributed by atoms with van der Waals surface area (Å²) >= 11 is 7.17. The molecule has 0 saturated heterocycles. The molecule has 0 aliphatic heterocycles. The van der Waals surface area contributed by atoms with Crippen LogP contribution in [0.25, 0.3) is 0 Å². The highest BCUT2D eigenvalue weighted by molar-refractivity contribution is 7.12. The fourth-order valence-electron chi connectivity index (χ4n) is 1.24. The molecule has 1 rings (SSSR count). The average Bonchev–Trinajstić information content (AvgIpc) is 2.72. The quantitative estimate of drug-likeness (QED) is 0.828. The summed E-state index contributed by atoms with van der Waals surface area (Å²) in [7, 11) is 1.56. The Bertz CT molecular complexity index is 352. The highest BCUT2D eigenvalue weighted by Crippen LogP contribution is 2.24. The van der Waals surface area contributed by atoms with Crippen molar-refractivity contribution in [2.24, 2.45) is 5.92 Å². The van der Waals surface area contributed by atoms with Crippen molar-refractivity contribution < 1.29 is 9.53 Å². The van der Waals surface area contributed by atoms with Crippen molar-refractivity contribution >= 4 is 28.8 Å². The fourth-order valence-corrected chi connectivity index (χ4v) is 2.44. The van der Waals surface area contributed by atoms with Crippen LogP contribution < -0.4 is 10.1 Å². The van der Waals surface area contributed by atoms with E-state index in [0.29, 0.717) is 22.4 Å². The first-order chi connectivity index (χ1) is 7.60. The van der Waals surface area contributed by atoms with Crippen LogP contribution in [0.2, 0.25) is 0 Å². The van der Waals surface area contributed by atoms with E-state index in [-0.39, 0.29) is 11.9 Å². The van der Waals surface area contributed by atoms with E-state index in [1.807, 2.05) is 19.2 Å². The lowest BCUT2D eigenvalue weighted by Gasteiger charge is -2.19. The minimum absolute atomic E-state index is 0.0130. The van der Waals surface area contributed by atoms with Gasteiger partial charge in [-0.25, -0.2) is 0 Å². The van der Waals surface area contributed by atoms with Crippen molar-refractivity contribution in [3.8, 4) is 5.75 Å². The summed E-state index contributed by atoms with van der Waals surface area (Å²) in [4.78, 5) is 12.5. The number of alkyl halides is 1. The third-order valence-corrected chi connectivity index (χ3v) is 3.57. The Hall–Kier alpha value is -0.740. The molecular weight excluding hydrogens is 246 g/mol. The van der Waals surface area contributed by atoms with Crippen LogP contribution >= 0.6 is 22.9 Å². The molecule has 1 amide bonds. The van der Waals surface area contributed by atoms with Gasteiger partial charge in [-0.15, -0.1) is 22.9 Å². The van der Waals surface area contributed by atoms with Crippen LogP contribution in [0.5, 0.6) is 5.75 Å². The number of halogens is 1. The Labute approximate surface area is 105 Å². The number of amides is 1. The molecule has 1 unspecified atom stereocenters. The van der Waals surface area contributed by atoms with Gasteiger partial charge in [-0.3, -0.25) is 4.79 Å². The Kier molecular flexibility index (Phi) is 5.09. The van der Waals surface area contributed by atoms with E-state index in [0.717, 1.165) is 0 Å². The number of carbonyl (C=O) groups excluding carboxylic acids is 1. The lowest BCUT2D eigenvalue weighted by atomic mass is 10.1. The first-order valence-corrected chi connectivity index (χ1v) is 6.49. The molecule has 1 aromatic heterocycles. The Balaban J connectivity index is 2.71. The molecule has 3 nitrogen and oxygen atoms in total. The van der Waals surface area contributed by atoms with Gasteiger partial charge in [-0.05, 0) is 17.4 Å². The summed E-state index contributed by atoms with van der Waals surface area (Å²) in [6, 6.07) is 1.77. The number of rotatable bonds is 5. The number of thiophene rings is 1. The maximum absolute atomic E-state index is 11.9. The number of ether oxygens (including phenoxy) is 1. The molecule has 0 aromatic carbocycles. The van der Waals surface area contributed by atoms with Crippen LogP contribution in [0.15, 0.2) is 11.4 Å². The van der Waals surface area contributed by atoms with Crippen molar-refractivity contribution in [2.45, 2.75) is 19.9 Å². The SMILES string of the molecule is COc1ccsc1C(=O)NC(CCl)C(C)C. The van der Waals surface area contributed by atoms with E-state index in [9.17, 15) is 4.79 Å². The standard InChI is InChI=1S/C11H16ClNO2S/c1-7(2)8(6-12)13-11(14)10-9(15-3)4-5-16-10/h4-5,7-8H,6H2,1-3H3,(H,13,14). The van der Waals surface area contributed by atoms with Crippen molar-refractivity contribution in [1.29, 1.82) is 0 Å². The van der Waals surface area contributed by atoms with E-state index >= 15 is 0 Å². The zero-order valence-electron chi connectivity index (χ0n) is 9.62. The van der Waals surface area contributed by atoms with Gasteiger partial charge in [0.2, 0.25) is 0 Å². The van der Waals surface area contributed by atoms with E-state index in [4.69, 9.17) is 16.3 Å². The number of methoxy groups -OCH3 is 1. The molecule has 0 aliphatic carbocycles. The minimum atomic E-state index is -0.119. The summed E-state index contributed by atoms with van der Waals surface area (Å²) in [5, 5.41) is 4.73. The molecule has 90 valence electrons. The predicted octanol–water partition coefficient (Wildman–Crippen LogP) is 2.75. The van der Waals surface area contributed by atoms with Gasteiger partial charge >= 0.3 is 0 Å². The molecule has 0 aliphatic rings. The second-order valence-electron chi connectivity index (χ2n) is 3.80. The van der Waals surface area contributed by atoms with Gasteiger partial charge in [0.1, 0.15) is 10.6 Å². The molecule has 1 atom stereocenters. The number of carbonyl (C=O) groups is 1. The van der Waals surface area contributed by atoms with Gasteiger partial charge in [0, 0.05) is 11.9 Å². The van der Waals surface area contributed by atoms with Gasteiger partial charge in [0.05, 0.1) is 7.11 Å². The van der Waals surface area contributed by atoms with Gasteiger partial charge in [-0.2, -0.15) is 0 Å². The minimum Gasteiger partial charge on any atom is -0.495 e. The van der Waals surface area contributed by atoms with Crippen LogP contribution in [-0.2, 0) is 0 Å². The third kappa shape index (κ3) is 3.12. The first kappa shape index (κ1) is 13.3. The third-order valence-electron chi connectivity index (χ3n) is 2.34. The van der Waals surface area contributed by atoms with E-state index < -0.39 is 0 Å². The zero-order valence-corrected chi connectivity index (χ0v) is 11.2. The first-order valence-electron chi connectivity index (χ1n) is 5.08.